The number of nitrogens with zero attached hydrogens (tertiary/aromatic N) is 8. The van der Waals surface area contributed by atoms with E-state index in [1.165, 1.54) is 0 Å². The van der Waals surface area contributed by atoms with E-state index in [9.17, 15) is 19.8 Å². The Bertz CT molecular complexity index is 2810. The number of piperidine rings is 1. The van der Waals surface area contributed by atoms with Crippen molar-refractivity contribution in [3.8, 4) is 29.0 Å². The maximum Gasteiger partial charge on any atom is 0.272 e. The van der Waals surface area contributed by atoms with Crippen LogP contribution in [0, 0.1) is 17.2 Å². The van der Waals surface area contributed by atoms with E-state index in [0.29, 0.717) is 70.0 Å². The van der Waals surface area contributed by atoms with Crippen LogP contribution in [-0.4, -0.2) is 104 Å². The van der Waals surface area contributed by atoms with Crippen molar-refractivity contribution < 1.29 is 24.5 Å². The third-order valence-electron chi connectivity index (χ3n) is 14.5. The van der Waals surface area contributed by atoms with E-state index in [0.717, 1.165) is 112 Å². The van der Waals surface area contributed by atoms with Gasteiger partial charge in [0, 0.05) is 86.5 Å². The number of nitrogens with one attached hydrogen (secondary N) is 1. The van der Waals surface area contributed by atoms with Crippen LogP contribution in [-0.2, 0) is 30.0 Å². The highest BCUT2D eigenvalue weighted by Gasteiger charge is 2.41. The van der Waals surface area contributed by atoms with Crippen molar-refractivity contribution in [3.05, 3.63) is 116 Å². The van der Waals surface area contributed by atoms with E-state index < -0.39 is 5.60 Å². The molecule has 1 amide bonds. The molecular weight excluding hydrogens is 858 g/mol. The maximum absolute atomic E-state index is 13.8. The average Bonchev–Trinajstić information content (AvgIpc) is 3.70. The highest BCUT2D eigenvalue weighted by molar-refractivity contribution is 6.31. The van der Waals surface area contributed by atoms with Gasteiger partial charge in [-0.2, -0.15) is 5.26 Å². The van der Waals surface area contributed by atoms with Crippen LogP contribution in [0.25, 0.3) is 22.3 Å². The van der Waals surface area contributed by atoms with Gasteiger partial charge in [-0.15, -0.1) is 10.2 Å². The van der Waals surface area contributed by atoms with Crippen LogP contribution in [0.4, 0.5) is 5.82 Å². The number of aliphatic hydroxyl groups is 1. The summed E-state index contributed by atoms with van der Waals surface area (Å²) in [4.78, 5) is 39.1. The van der Waals surface area contributed by atoms with Crippen LogP contribution in [0.1, 0.15) is 90.2 Å². The lowest BCUT2D eigenvalue weighted by Gasteiger charge is -2.39. The van der Waals surface area contributed by atoms with Crippen LogP contribution < -0.4 is 20.5 Å². The molecule has 0 unspecified atom stereocenters. The Hall–Kier alpha value is -6.05. The highest BCUT2D eigenvalue weighted by Crippen LogP contribution is 2.42. The first kappa shape index (κ1) is 43.8. The van der Waals surface area contributed by atoms with E-state index in [1.807, 2.05) is 25.1 Å². The monoisotopic (exact) mass is 911 g/mol. The number of piperazine rings is 1. The number of rotatable bonds is 10. The van der Waals surface area contributed by atoms with Gasteiger partial charge in [-0.25, -0.2) is 4.98 Å². The molecule has 2 aromatic carbocycles. The number of anilines is 1. The molecule has 1 saturated carbocycles. The molecule has 2 saturated heterocycles. The van der Waals surface area contributed by atoms with E-state index in [4.69, 9.17) is 31.3 Å². The van der Waals surface area contributed by atoms with Crippen LogP contribution >= 0.6 is 11.6 Å². The fourth-order valence-electron chi connectivity index (χ4n) is 10.5. The summed E-state index contributed by atoms with van der Waals surface area (Å²) in [5.41, 5.74) is 3.97. The van der Waals surface area contributed by atoms with Crippen molar-refractivity contribution in [2.45, 2.75) is 89.3 Å². The summed E-state index contributed by atoms with van der Waals surface area (Å²) in [6.45, 7) is 13.3. The molecule has 66 heavy (non-hydrogen) atoms. The molecule has 342 valence electrons. The van der Waals surface area contributed by atoms with Gasteiger partial charge in [0.2, 0.25) is 0 Å². The van der Waals surface area contributed by atoms with Crippen molar-refractivity contribution in [3.63, 3.8) is 0 Å². The highest BCUT2D eigenvalue weighted by atomic mass is 35.5. The lowest BCUT2D eigenvalue weighted by Crippen LogP contribution is -2.48. The Kier molecular flexibility index (Phi) is 11.9. The number of aromatic nitrogens is 4. The number of halogens is 1. The molecule has 4 aliphatic heterocycles. The predicted molar refractivity (Wildman–Crippen MR) is 249 cm³/mol. The number of carbonyl (C=O) groups is 1. The van der Waals surface area contributed by atoms with Gasteiger partial charge in [0.05, 0.1) is 45.7 Å². The number of ether oxygens (including phenoxy) is 2. The van der Waals surface area contributed by atoms with Gasteiger partial charge < -0.3 is 39.4 Å². The molecule has 10 rings (SSSR count). The van der Waals surface area contributed by atoms with E-state index in [-0.39, 0.29) is 41.7 Å². The summed E-state index contributed by atoms with van der Waals surface area (Å²) in [6.07, 6.45) is 5.63. The smallest absolute Gasteiger partial charge is 0.272 e. The lowest BCUT2D eigenvalue weighted by molar-refractivity contribution is -0.0172. The van der Waals surface area contributed by atoms with Crippen molar-refractivity contribution in [1.82, 2.24) is 34.9 Å². The van der Waals surface area contributed by atoms with E-state index in [2.05, 4.69) is 48.9 Å². The quantitative estimate of drug-likeness (QED) is 0.141. The molecule has 5 aliphatic rings. The van der Waals surface area contributed by atoms with Gasteiger partial charge in [-0.1, -0.05) is 25.1 Å². The number of amides is 1. The third-order valence-corrected chi connectivity index (χ3v) is 14.8. The van der Waals surface area contributed by atoms with Crippen LogP contribution in [0.5, 0.6) is 11.5 Å². The summed E-state index contributed by atoms with van der Waals surface area (Å²) in [7, 11) is 0. The van der Waals surface area contributed by atoms with Gasteiger partial charge >= 0.3 is 0 Å². The molecule has 5 aromatic rings. The summed E-state index contributed by atoms with van der Waals surface area (Å²) >= 11 is 6.17. The molecule has 0 bridgehead atoms. The Balaban J connectivity index is 0.689. The molecule has 15 nitrogen and oxygen atoms in total. The van der Waals surface area contributed by atoms with Crippen LogP contribution in [0.15, 0.2) is 71.7 Å². The standard InChI is InChI=1S/C50H54ClN9O6/c1-3-50(64)30(2)65-29-39-40(50)24-44-47-33(27-60(44)49(39)63)22-37-38(45(61)12-10-42(37)54-47)28-58-20-18-57(19-21-58)26-31-14-16-59(17-15-31)46-13-11-43(55-56-46)48(62)53-34-5-8-35(9-6-34)66-36-7-4-32(25-52)41(51)23-36/h4,7,10-13,22-24,31,34-35,61,64H,2-3,5-6,8-9,14-21,26-29H2,1H3,(H,53,62)/t34?,35?,50-/m1/s1. The van der Waals surface area contributed by atoms with Gasteiger partial charge in [0.25, 0.3) is 11.5 Å². The molecule has 3 aromatic heterocycles. The summed E-state index contributed by atoms with van der Waals surface area (Å²) < 4.78 is 13.5. The molecule has 7 heterocycles. The zero-order valence-corrected chi connectivity index (χ0v) is 37.9. The van der Waals surface area contributed by atoms with E-state index in [1.54, 1.807) is 34.9 Å². The third kappa shape index (κ3) is 8.36. The van der Waals surface area contributed by atoms with Crippen molar-refractivity contribution in [1.29, 1.82) is 5.26 Å². The Morgan fingerprint density at radius 1 is 1.00 bits per heavy atom. The number of fused-ring (bicyclic) bond motifs is 5. The summed E-state index contributed by atoms with van der Waals surface area (Å²) in [5.74, 6) is 2.28. The molecule has 3 fully saturated rings. The van der Waals surface area contributed by atoms with Crippen molar-refractivity contribution in [2.24, 2.45) is 5.92 Å². The molecule has 0 spiro atoms. The number of nitriles is 1. The summed E-state index contributed by atoms with van der Waals surface area (Å²) in [5, 5.41) is 44.9. The Labute approximate surface area is 388 Å². The fraction of sp³-hybridized carbons (Fsp3) is 0.440. The first-order valence-electron chi connectivity index (χ1n) is 23.1. The van der Waals surface area contributed by atoms with E-state index >= 15 is 0 Å². The maximum atomic E-state index is 13.8. The second kappa shape index (κ2) is 18.0. The van der Waals surface area contributed by atoms with Gasteiger partial charge in [-0.3, -0.25) is 14.5 Å². The molecule has 0 radical (unpaired) electrons. The first-order valence-corrected chi connectivity index (χ1v) is 23.5. The SMILES string of the molecule is C=C1OCc2c(cc3n(c2=O)Cc2cc4c(CN5CCN(CC6CCN(c7ccc(C(=O)NC8CCC(Oc9ccc(C#N)c(Cl)c9)CC8)nn7)CC6)CC5)c(O)ccc4nc2-3)[C@@]1(O)CC. The van der Waals surface area contributed by atoms with Crippen LogP contribution in [0.2, 0.25) is 5.02 Å². The molecular formula is C50H54ClN9O6. The van der Waals surface area contributed by atoms with Crippen molar-refractivity contribution in [2.75, 3.05) is 50.7 Å². The molecule has 1 atom stereocenters. The molecule has 16 heteroatoms. The molecule has 1 aliphatic carbocycles. The normalized spacial score (nSPS) is 22.3. The number of hydrogen-bond donors (Lipinski definition) is 3. The number of benzene rings is 2. The van der Waals surface area contributed by atoms with Gasteiger partial charge in [0.15, 0.2) is 11.5 Å². The van der Waals surface area contributed by atoms with Crippen molar-refractivity contribution >= 4 is 34.2 Å². The fourth-order valence-corrected chi connectivity index (χ4v) is 10.7. The summed E-state index contributed by atoms with van der Waals surface area (Å²) in [6, 6.07) is 18.4. The number of pyridine rings is 2. The number of phenols is 1. The molecule has 3 N–H and O–H groups in total. The lowest BCUT2D eigenvalue weighted by atomic mass is 9.84. The topological polar surface area (TPSA) is 182 Å². The minimum atomic E-state index is -1.44. The average molecular weight is 912 g/mol. The zero-order valence-electron chi connectivity index (χ0n) is 37.1. The van der Waals surface area contributed by atoms with Gasteiger partial charge in [0.1, 0.15) is 35.5 Å². The second-order valence-electron chi connectivity index (χ2n) is 18.5. The van der Waals surface area contributed by atoms with Gasteiger partial charge in [-0.05, 0) is 99.4 Å². The zero-order chi connectivity index (χ0) is 45.7. The Morgan fingerprint density at radius 2 is 1.77 bits per heavy atom. The predicted octanol–water partition coefficient (Wildman–Crippen LogP) is 6.24. The number of carbonyl (C=O) groups excluding carboxylic acids is 1. The number of phenolic OH excluding ortho intramolecular Hbond substituents is 1. The number of hydrogen-bond acceptors (Lipinski definition) is 13. The second-order valence-corrected chi connectivity index (χ2v) is 18.9. The largest absolute Gasteiger partial charge is 0.508 e. The minimum absolute atomic E-state index is 0.0221. The Morgan fingerprint density at radius 3 is 2.48 bits per heavy atom. The first-order chi connectivity index (χ1) is 32.0. The number of aromatic hydroxyl groups is 1. The van der Waals surface area contributed by atoms with Crippen LogP contribution in [0.3, 0.4) is 0 Å². The minimum Gasteiger partial charge on any atom is -0.508 e.